The van der Waals surface area contributed by atoms with E-state index in [2.05, 4.69) is 5.32 Å². The third-order valence-corrected chi connectivity index (χ3v) is 6.69. The van der Waals surface area contributed by atoms with Crippen LogP contribution in [0, 0.1) is 17.3 Å². The summed E-state index contributed by atoms with van der Waals surface area (Å²) in [5, 5.41) is 13.3. The Labute approximate surface area is 249 Å². The van der Waals surface area contributed by atoms with Gasteiger partial charge in [0, 0.05) is 12.5 Å². The highest BCUT2D eigenvalue weighted by Gasteiger charge is 2.44. The Balaban J connectivity index is 3.51. The molecule has 0 amide bonds. The first-order chi connectivity index (χ1) is 19.3. The molecule has 4 atom stereocenters. The number of benzene rings is 1. The Morgan fingerprint density at radius 2 is 1.33 bits per heavy atom. The second-order valence-electron chi connectivity index (χ2n) is 12.6. The van der Waals surface area contributed by atoms with Crippen LogP contribution in [-0.4, -0.2) is 53.3 Å². The van der Waals surface area contributed by atoms with Gasteiger partial charge in [-0.2, -0.15) is 0 Å². The van der Waals surface area contributed by atoms with Crippen molar-refractivity contribution in [2.24, 2.45) is 17.3 Å². The van der Waals surface area contributed by atoms with E-state index < -0.39 is 47.6 Å². The van der Waals surface area contributed by atoms with E-state index in [1.54, 1.807) is 20.8 Å². The largest absolute Gasteiger partial charge is 0.514 e. The fraction of sp³-hybridized carbons (Fsp3) is 0.677. The van der Waals surface area contributed by atoms with Crippen LogP contribution in [0.25, 0.3) is 0 Å². The van der Waals surface area contributed by atoms with E-state index in [0.717, 1.165) is 0 Å². The summed E-state index contributed by atoms with van der Waals surface area (Å²) < 4.78 is 27.0. The van der Waals surface area contributed by atoms with Gasteiger partial charge in [-0.25, -0.2) is 14.4 Å². The number of aliphatic carboxylic acids is 1. The van der Waals surface area contributed by atoms with Crippen LogP contribution in [-0.2, 0) is 30.2 Å². The zero-order valence-corrected chi connectivity index (χ0v) is 26.9. The van der Waals surface area contributed by atoms with Crippen molar-refractivity contribution in [3.05, 3.63) is 23.8 Å². The number of nitrogens with one attached hydrogen (secondary N) is 1. The van der Waals surface area contributed by atoms with Crippen molar-refractivity contribution in [3.63, 3.8) is 0 Å². The number of hydrogen-bond donors (Lipinski definition) is 2. The summed E-state index contributed by atoms with van der Waals surface area (Å²) in [4.78, 5) is 50.6. The Hall–Kier alpha value is -3.34. The molecule has 3 unspecified atom stereocenters. The Kier molecular flexibility index (Phi) is 13.8. The normalized spacial score (nSPS) is 15.3. The molecule has 11 heteroatoms. The van der Waals surface area contributed by atoms with Gasteiger partial charge in [-0.3, -0.25) is 10.1 Å². The number of carboxylic acid groups (broad SMARTS) is 1. The number of esters is 1. The average Bonchev–Trinajstić information content (AvgIpc) is 2.83. The summed E-state index contributed by atoms with van der Waals surface area (Å²) in [5.74, 6) is -2.39. The van der Waals surface area contributed by atoms with Crippen LogP contribution in [0.1, 0.15) is 94.6 Å². The number of carbonyl (C=O) groups excluding carboxylic acids is 3. The maximum atomic E-state index is 12.8. The monoisotopic (exact) mass is 595 g/mol. The number of hydrogen-bond acceptors (Lipinski definition) is 10. The molecule has 0 bridgehead atoms. The zero-order valence-electron chi connectivity index (χ0n) is 26.9. The predicted octanol–water partition coefficient (Wildman–Crippen LogP) is 6.50. The summed E-state index contributed by atoms with van der Waals surface area (Å²) in [5.41, 5.74) is -2.25. The molecule has 2 N–H and O–H groups in total. The highest BCUT2D eigenvalue weighted by Crippen LogP contribution is 2.32. The van der Waals surface area contributed by atoms with Gasteiger partial charge in [0.1, 0.15) is 12.2 Å². The lowest BCUT2D eigenvalue weighted by molar-refractivity contribution is -0.185. The van der Waals surface area contributed by atoms with Crippen molar-refractivity contribution in [1.82, 2.24) is 5.32 Å². The van der Waals surface area contributed by atoms with Gasteiger partial charge in [0.05, 0.1) is 6.42 Å². The zero-order chi connectivity index (χ0) is 32.4. The summed E-state index contributed by atoms with van der Waals surface area (Å²) in [6.07, 6.45) is -2.74. The van der Waals surface area contributed by atoms with Crippen LogP contribution in [0.15, 0.2) is 18.2 Å². The highest BCUT2D eigenvalue weighted by molar-refractivity contribution is 5.82. The predicted molar refractivity (Wildman–Crippen MR) is 156 cm³/mol. The molecule has 1 rings (SSSR count). The van der Waals surface area contributed by atoms with E-state index in [9.17, 15) is 24.3 Å². The van der Waals surface area contributed by atoms with Crippen LogP contribution in [0.2, 0.25) is 0 Å². The Morgan fingerprint density at radius 3 is 1.76 bits per heavy atom. The van der Waals surface area contributed by atoms with Gasteiger partial charge in [0.15, 0.2) is 11.5 Å². The third-order valence-electron chi connectivity index (χ3n) is 6.69. The quantitative estimate of drug-likeness (QED) is 0.105. The van der Waals surface area contributed by atoms with Crippen LogP contribution in [0.4, 0.5) is 9.59 Å². The molecular weight excluding hydrogens is 546 g/mol. The lowest BCUT2D eigenvalue weighted by atomic mass is 9.92. The molecule has 0 aromatic heterocycles. The van der Waals surface area contributed by atoms with Crippen LogP contribution >= 0.6 is 0 Å². The Morgan fingerprint density at radius 1 is 0.833 bits per heavy atom. The summed E-state index contributed by atoms with van der Waals surface area (Å²) >= 11 is 0. The van der Waals surface area contributed by atoms with Gasteiger partial charge >= 0.3 is 24.2 Å². The van der Waals surface area contributed by atoms with Crippen LogP contribution in [0.3, 0.4) is 0 Å². The second-order valence-corrected chi connectivity index (χ2v) is 12.6. The molecule has 0 saturated carbocycles. The van der Waals surface area contributed by atoms with Crippen molar-refractivity contribution in [2.75, 3.05) is 0 Å². The molecule has 42 heavy (non-hydrogen) atoms. The van der Waals surface area contributed by atoms with E-state index in [-0.39, 0.29) is 42.2 Å². The summed E-state index contributed by atoms with van der Waals surface area (Å²) in [7, 11) is 0. The van der Waals surface area contributed by atoms with Gasteiger partial charge in [-0.05, 0) is 62.1 Å². The third kappa shape index (κ3) is 12.3. The molecule has 0 radical (unpaired) electrons. The minimum atomic E-state index is -2.13. The minimum Gasteiger partial charge on any atom is -0.477 e. The highest BCUT2D eigenvalue weighted by atomic mass is 16.8. The number of ether oxygens (including phenoxy) is 5. The van der Waals surface area contributed by atoms with Crippen molar-refractivity contribution in [2.45, 2.75) is 119 Å². The Bertz CT molecular complexity index is 1080. The van der Waals surface area contributed by atoms with E-state index in [1.165, 1.54) is 18.2 Å². The molecule has 0 heterocycles. The molecule has 0 aliphatic rings. The fourth-order valence-electron chi connectivity index (χ4n) is 3.38. The lowest BCUT2D eigenvalue weighted by Gasteiger charge is -2.34. The van der Waals surface area contributed by atoms with E-state index >= 15 is 0 Å². The SMILES string of the molecule is CCC(C)N[C@@](Cc1ccc(OC(=O)OC(C)C(C)C)c(OC(=O)OC(C)C(C)C)c1)(OC(=O)CC(C)(C)C)C(=O)O. The smallest absolute Gasteiger partial charge is 0.477 e. The van der Waals surface area contributed by atoms with Crippen molar-refractivity contribution >= 4 is 24.2 Å². The molecule has 1 aromatic rings. The molecule has 0 saturated heterocycles. The lowest BCUT2D eigenvalue weighted by Crippen LogP contribution is -2.59. The number of carboxylic acids is 1. The van der Waals surface area contributed by atoms with Crippen LogP contribution in [0.5, 0.6) is 11.5 Å². The van der Waals surface area contributed by atoms with Gasteiger partial charge in [0.2, 0.25) is 0 Å². The minimum absolute atomic E-state index is 0.0118. The molecular formula is C31H49NO10. The van der Waals surface area contributed by atoms with Crippen molar-refractivity contribution < 1.29 is 48.0 Å². The standard InChI is InChI=1S/C31H49NO10/c1-12-20(6)32-31(27(34)35,42-26(33)17-30(9,10)11)16-23-13-14-24(40-28(36)38-21(7)18(2)3)25(15-23)41-29(37)39-22(8)19(4)5/h13-15,18-22,32H,12,16-17H2,1-11H3,(H,34,35)/t20?,21?,22?,31-/m0/s1. The van der Waals surface area contributed by atoms with E-state index in [1.807, 2.05) is 55.4 Å². The summed E-state index contributed by atoms with van der Waals surface area (Å²) in [6, 6.07) is 3.84. The first-order valence-corrected chi connectivity index (χ1v) is 14.4. The number of carbonyl (C=O) groups is 4. The topological polar surface area (TPSA) is 147 Å². The van der Waals surface area contributed by atoms with Crippen LogP contribution < -0.4 is 14.8 Å². The van der Waals surface area contributed by atoms with Gasteiger partial charge in [-0.15, -0.1) is 0 Å². The van der Waals surface area contributed by atoms with E-state index in [0.29, 0.717) is 12.0 Å². The maximum absolute atomic E-state index is 12.8. The molecule has 11 nitrogen and oxygen atoms in total. The molecule has 1 aromatic carbocycles. The summed E-state index contributed by atoms with van der Waals surface area (Å²) in [6.45, 7) is 20.1. The first-order valence-electron chi connectivity index (χ1n) is 14.4. The van der Waals surface area contributed by atoms with Crippen molar-refractivity contribution in [1.29, 1.82) is 0 Å². The average molecular weight is 596 g/mol. The van der Waals surface area contributed by atoms with Gasteiger partial charge < -0.3 is 28.8 Å². The molecule has 238 valence electrons. The fourth-order valence-corrected chi connectivity index (χ4v) is 3.38. The second kappa shape index (κ2) is 15.8. The van der Waals surface area contributed by atoms with E-state index in [4.69, 9.17) is 23.7 Å². The molecule has 0 aliphatic heterocycles. The first kappa shape index (κ1) is 36.7. The van der Waals surface area contributed by atoms with Crippen molar-refractivity contribution in [3.8, 4) is 11.5 Å². The molecule has 0 aliphatic carbocycles. The number of rotatable bonds is 14. The van der Waals surface area contributed by atoms with Gasteiger partial charge in [0.25, 0.3) is 5.72 Å². The molecule has 0 spiro atoms. The van der Waals surface area contributed by atoms with Gasteiger partial charge in [-0.1, -0.05) is 61.5 Å². The molecule has 0 fully saturated rings. The maximum Gasteiger partial charge on any atom is 0.514 e.